The smallest absolute Gasteiger partial charge is 0.0576 e. The second-order valence-corrected chi connectivity index (χ2v) is 8.20. The molecule has 0 aromatic heterocycles. The Morgan fingerprint density at radius 2 is 1.24 bits per heavy atom. The minimum Gasteiger partial charge on any atom is -0.306 e. The maximum Gasteiger partial charge on any atom is 0.0576 e. The van der Waals surface area contributed by atoms with Gasteiger partial charge in [0.25, 0.3) is 0 Å². The molecule has 0 spiro atoms. The number of nitrogens with one attached hydrogen (secondary N) is 1. The van der Waals surface area contributed by atoms with E-state index in [2.05, 4.69) is 101 Å². The minimum atomic E-state index is 0.274. The van der Waals surface area contributed by atoms with Crippen molar-refractivity contribution in [2.45, 2.75) is 31.8 Å². The average molecular weight is 385 g/mol. The second-order valence-electron chi connectivity index (χ2n) is 8.20. The molecule has 2 heteroatoms. The highest BCUT2D eigenvalue weighted by molar-refractivity contribution is 5.31. The first-order valence-corrected chi connectivity index (χ1v) is 11.0. The molecule has 0 atom stereocenters. The van der Waals surface area contributed by atoms with Gasteiger partial charge >= 0.3 is 0 Å². The second kappa shape index (κ2) is 10.4. The van der Waals surface area contributed by atoms with Crippen molar-refractivity contribution in [2.24, 2.45) is 5.92 Å². The van der Waals surface area contributed by atoms with E-state index in [0.29, 0.717) is 0 Å². The summed E-state index contributed by atoms with van der Waals surface area (Å²) in [5.74, 6) is 0.835. The minimum absolute atomic E-state index is 0.274. The van der Waals surface area contributed by atoms with Crippen molar-refractivity contribution in [1.82, 2.24) is 10.2 Å². The van der Waals surface area contributed by atoms with Gasteiger partial charge in [0, 0.05) is 6.54 Å². The monoisotopic (exact) mass is 384 g/mol. The molecule has 3 aromatic rings. The molecule has 4 rings (SSSR count). The molecule has 150 valence electrons. The van der Waals surface area contributed by atoms with E-state index in [-0.39, 0.29) is 6.04 Å². The summed E-state index contributed by atoms with van der Waals surface area (Å²) in [5.41, 5.74) is 4.12. The van der Waals surface area contributed by atoms with Crippen LogP contribution >= 0.6 is 0 Å². The number of benzene rings is 3. The van der Waals surface area contributed by atoms with Gasteiger partial charge in [0.05, 0.1) is 6.04 Å². The van der Waals surface area contributed by atoms with Gasteiger partial charge in [-0.25, -0.2) is 0 Å². The summed E-state index contributed by atoms with van der Waals surface area (Å²) in [5, 5.41) is 3.84. The van der Waals surface area contributed by atoms with Gasteiger partial charge in [0.2, 0.25) is 0 Å². The molecule has 0 bridgehead atoms. The summed E-state index contributed by atoms with van der Waals surface area (Å²) < 4.78 is 0. The zero-order chi connectivity index (χ0) is 19.7. The summed E-state index contributed by atoms with van der Waals surface area (Å²) in [6.45, 7) is 4.61. The summed E-state index contributed by atoms with van der Waals surface area (Å²) >= 11 is 0. The molecule has 0 aliphatic carbocycles. The number of likely N-dealkylation sites (tertiary alicyclic amines) is 1. The number of hydrogen-bond donors (Lipinski definition) is 1. The highest BCUT2D eigenvalue weighted by atomic mass is 15.1. The van der Waals surface area contributed by atoms with Gasteiger partial charge in [0.1, 0.15) is 0 Å². The molecule has 0 radical (unpaired) electrons. The molecule has 29 heavy (non-hydrogen) atoms. The van der Waals surface area contributed by atoms with Gasteiger partial charge in [-0.05, 0) is 61.5 Å². The average Bonchev–Trinajstić information content (AvgIpc) is 2.80. The van der Waals surface area contributed by atoms with Crippen molar-refractivity contribution in [3.05, 3.63) is 108 Å². The maximum atomic E-state index is 3.84. The van der Waals surface area contributed by atoms with E-state index in [0.717, 1.165) is 19.0 Å². The normalized spacial score (nSPS) is 15.6. The molecule has 1 aliphatic heterocycles. The van der Waals surface area contributed by atoms with Gasteiger partial charge in [-0.1, -0.05) is 91.0 Å². The predicted octanol–water partition coefficient (Wildman–Crippen LogP) is 5.67. The molecule has 3 aromatic carbocycles. The van der Waals surface area contributed by atoms with E-state index in [9.17, 15) is 0 Å². The van der Waals surface area contributed by atoms with E-state index in [1.54, 1.807) is 0 Å². The molecular weight excluding hydrogens is 352 g/mol. The van der Waals surface area contributed by atoms with Crippen molar-refractivity contribution >= 4 is 0 Å². The fourth-order valence-electron chi connectivity index (χ4n) is 4.43. The maximum absolute atomic E-state index is 3.84. The molecule has 2 nitrogen and oxygen atoms in total. The molecule has 1 aliphatic rings. The van der Waals surface area contributed by atoms with Gasteiger partial charge < -0.3 is 5.32 Å². The van der Waals surface area contributed by atoms with E-state index < -0.39 is 0 Å². The van der Waals surface area contributed by atoms with Gasteiger partial charge in [-0.15, -0.1) is 0 Å². The zero-order valence-corrected chi connectivity index (χ0v) is 17.2. The molecular formula is C27H32N2. The van der Waals surface area contributed by atoms with Crippen LogP contribution in [-0.2, 0) is 6.54 Å². The molecule has 0 unspecified atom stereocenters. The Labute approximate surface area is 175 Å². The molecule has 1 fully saturated rings. The van der Waals surface area contributed by atoms with E-state index >= 15 is 0 Å². The lowest BCUT2D eigenvalue weighted by atomic mass is 9.92. The van der Waals surface area contributed by atoms with Gasteiger partial charge in [-0.3, -0.25) is 4.90 Å². The Bertz CT molecular complexity index is 785. The Morgan fingerprint density at radius 3 is 1.79 bits per heavy atom. The van der Waals surface area contributed by atoms with Crippen LogP contribution in [0.5, 0.6) is 0 Å². The number of hydrogen-bond acceptors (Lipinski definition) is 2. The Morgan fingerprint density at radius 1 is 0.724 bits per heavy atom. The lowest BCUT2D eigenvalue weighted by Gasteiger charge is -2.32. The Hall–Kier alpha value is -2.42. The van der Waals surface area contributed by atoms with Crippen molar-refractivity contribution in [1.29, 1.82) is 0 Å². The highest BCUT2D eigenvalue weighted by Gasteiger charge is 2.20. The first-order chi connectivity index (χ1) is 14.4. The molecule has 1 saturated heterocycles. The molecule has 0 saturated carbocycles. The van der Waals surface area contributed by atoms with Crippen molar-refractivity contribution in [2.75, 3.05) is 19.6 Å². The van der Waals surface area contributed by atoms with Crippen LogP contribution < -0.4 is 5.32 Å². The first kappa shape index (κ1) is 19.9. The van der Waals surface area contributed by atoms with Crippen molar-refractivity contribution in [3.63, 3.8) is 0 Å². The number of piperidine rings is 1. The SMILES string of the molecule is c1ccc(CN2CCC(CCNC(c3ccccc3)c3ccccc3)CC2)cc1. The highest BCUT2D eigenvalue weighted by Crippen LogP contribution is 2.24. The van der Waals surface area contributed by atoms with Crippen molar-refractivity contribution in [3.8, 4) is 0 Å². The largest absolute Gasteiger partial charge is 0.306 e. The Balaban J connectivity index is 1.26. The standard InChI is InChI=1S/C27H32N2/c1-4-10-24(11-5-1)22-29-20-17-23(18-21-29)16-19-28-27(25-12-6-2-7-13-25)26-14-8-3-9-15-26/h1-15,23,27-28H,16-22H2. The number of rotatable bonds is 8. The van der Waals surface area contributed by atoms with Gasteiger partial charge in [-0.2, -0.15) is 0 Å². The topological polar surface area (TPSA) is 15.3 Å². The summed E-state index contributed by atoms with van der Waals surface area (Å²) in [6, 6.07) is 32.8. The predicted molar refractivity (Wildman–Crippen MR) is 122 cm³/mol. The third-order valence-electron chi connectivity index (χ3n) is 6.12. The van der Waals surface area contributed by atoms with Crippen LogP contribution in [0.3, 0.4) is 0 Å². The fraction of sp³-hybridized carbons (Fsp3) is 0.333. The lowest BCUT2D eigenvalue weighted by Crippen LogP contribution is -2.34. The van der Waals surface area contributed by atoms with Crippen LogP contribution in [-0.4, -0.2) is 24.5 Å². The first-order valence-electron chi connectivity index (χ1n) is 11.0. The van der Waals surface area contributed by atoms with E-state index in [1.807, 2.05) is 0 Å². The van der Waals surface area contributed by atoms with Crippen LogP contribution in [0.4, 0.5) is 0 Å². The van der Waals surface area contributed by atoms with Crippen LogP contribution in [0.1, 0.15) is 42.0 Å². The summed E-state index contributed by atoms with van der Waals surface area (Å²) in [4.78, 5) is 2.61. The summed E-state index contributed by atoms with van der Waals surface area (Å²) in [7, 11) is 0. The van der Waals surface area contributed by atoms with Gasteiger partial charge in [0.15, 0.2) is 0 Å². The van der Waals surface area contributed by atoms with Crippen LogP contribution in [0, 0.1) is 5.92 Å². The quantitative estimate of drug-likeness (QED) is 0.538. The third-order valence-corrected chi connectivity index (χ3v) is 6.12. The fourth-order valence-corrected chi connectivity index (χ4v) is 4.43. The van der Waals surface area contributed by atoms with E-state index in [4.69, 9.17) is 0 Å². The lowest BCUT2D eigenvalue weighted by molar-refractivity contribution is 0.171. The zero-order valence-electron chi connectivity index (χ0n) is 17.2. The van der Waals surface area contributed by atoms with Crippen LogP contribution in [0.15, 0.2) is 91.0 Å². The van der Waals surface area contributed by atoms with Crippen LogP contribution in [0.2, 0.25) is 0 Å². The number of nitrogens with zero attached hydrogens (tertiary/aromatic N) is 1. The molecule has 1 N–H and O–H groups in total. The summed E-state index contributed by atoms with van der Waals surface area (Å²) in [6.07, 6.45) is 3.89. The van der Waals surface area contributed by atoms with Crippen molar-refractivity contribution < 1.29 is 0 Å². The van der Waals surface area contributed by atoms with E-state index in [1.165, 1.54) is 49.0 Å². The molecule has 0 amide bonds. The Kier molecular flexibility index (Phi) is 7.12. The third kappa shape index (κ3) is 5.79. The van der Waals surface area contributed by atoms with Crippen LogP contribution in [0.25, 0.3) is 0 Å². The molecule has 1 heterocycles.